The summed E-state index contributed by atoms with van der Waals surface area (Å²) >= 11 is 7.65. The average Bonchev–Trinajstić information content (AvgIpc) is 2.39. The molecule has 118 valence electrons. The van der Waals surface area contributed by atoms with E-state index in [0.29, 0.717) is 22.8 Å². The number of hydrogen-bond donors (Lipinski definition) is 3. The molecule has 21 heavy (non-hydrogen) atoms. The molecular weight excluding hydrogens is 333 g/mol. The molecule has 0 saturated heterocycles. The first-order chi connectivity index (χ1) is 9.43. The third-order valence-electron chi connectivity index (χ3n) is 2.51. The minimum atomic E-state index is -0.581. The van der Waals surface area contributed by atoms with E-state index in [4.69, 9.17) is 17.3 Å². The fraction of sp³-hybridized carbons (Fsp3) is 0.385. The van der Waals surface area contributed by atoms with Crippen LogP contribution in [0, 0.1) is 0 Å². The maximum atomic E-state index is 11.9. The van der Waals surface area contributed by atoms with Crippen LogP contribution in [0.25, 0.3) is 0 Å². The standard InChI is InChI=1S/C13H18ClN3O2S.ClH/c1-8(18)16-9-3-4-10(14)12(7-9)17-13(19)11(15)5-6-20-2;/h3-4,7,11H,5-6,15H2,1-2H3,(H,16,18)(H,17,19);1H/t11-;/m0./s1. The quantitative estimate of drug-likeness (QED) is 0.735. The molecule has 0 heterocycles. The highest BCUT2D eigenvalue weighted by Crippen LogP contribution is 2.25. The molecule has 0 radical (unpaired) electrons. The van der Waals surface area contributed by atoms with Crippen LogP contribution in [-0.2, 0) is 9.59 Å². The van der Waals surface area contributed by atoms with Gasteiger partial charge < -0.3 is 16.4 Å². The molecule has 0 aromatic heterocycles. The fourth-order valence-electron chi connectivity index (χ4n) is 1.50. The second-order valence-corrected chi connectivity index (χ2v) is 5.65. The summed E-state index contributed by atoms with van der Waals surface area (Å²) in [7, 11) is 0. The van der Waals surface area contributed by atoms with Gasteiger partial charge in [0.1, 0.15) is 0 Å². The molecule has 0 aliphatic heterocycles. The van der Waals surface area contributed by atoms with Gasteiger partial charge >= 0.3 is 0 Å². The Balaban J connectivity index is 0.00000400. The molecule has 4 N–H and O–H groups in total. The van der Waals surface area contributed by atoms with Gasteiger partial charge in [0.15, 0.2) is 0 Å². The Morgan fingerprint density at radius 1 is 1.38 bits per heavy atom. The first-order valence-electron chi connectivity index (χ1n) is 6.06. The Morgan fingerprint density at radius 3 is 2.62 bits per heavy atom. The van der Waals surface area contributed by atoms with Crippen molar-refractivity contribution in [2.45, 2.75) is 19.4 Å². The lowest BCUT2D eigenvalue weighted by atomic mass is 10.2. The van der Waals surface area contributed by atoms with E-state index in [1.165, 1.54) is 6.92 Å². The highest BCUT2D eigenvalue weighted by molar-refractivity contribution is 7.98. The number of nitrogens with one attached hydrogen (secondary N) is 2. The molecule has 1 atom stereocenters. The number of rotatable bonds is 6. The number of benzene rings is 1. The Kier molecular flexibility index (Phi) is 9.44. The van der Waals surface area contributed by atoms with Gasteiger partial charge in [0, 0.05) is 12.6 Å². The molecule has 1 aromatic carbocycles. The van der Waals surface area contributed by atoms with Crippen LogP contribution in [0.5, 0.6) is 0 Å². The second-order valence-electron chi connectivity index (χ2n) is 4.25. The summed E-state index contributed by atoms with van der Waals surface area (Å²) < 4.78 is 0. The third kappa shape index (κ3) is 7.04. The van der Waals surface area contributed by atoms with Gasteiger partial charge in [0.25, 0.3) is 0 Å². The van der Waals surface area contributed by atoms with E-state index in [-0.39, 0.29) is 24.2 Å². The van der Waals surface area contributed by atoms with Crippen molar-refractivity contribution >= 4 is 59.0 Å². The van der Waals surface area contributed by atoms with E-state index < -0.39 is 6.04 Å². The molecule has 8 heteroatoms. The second kappa shape index (κ2) is 9.89. The topological polar surface area (TPSA) is 84.2 Å². The number of nitrogens with two attached hydrogens (primary N) is 1. The van der Waals surface area contributed by atoms with Crippen molar-refractivity contribution < 1.29 is 9.59 Å². The molecule has 0 spiro atoms. The van der Waals surface area contributed by atoms with Gasteiger partial charge in [0.05, 0.1) is 16.8 Å². The SMILES string of the molecule is CSCC[C@H](N)C(=O)Nc1cc(NC(C)=O)ccc1Cl.Cl. The van der Waals surface area contributed by atoms with Crippen LogP contribution in [0.1, 0.15) is 13.3 Å². The van der Waals surface area contributed by atoms with Crippen molar-refractivity contribution in [1.82, 2.24) is 0 Å². The fourth-order valence-corrected chi connectivity index (χ4v) is 2.16. The van der Waals surface area contributed by atoms with Crippen LogP contribution >= 0.6 is 35.8 Å². The Labute approximate surface area is 139 Å². The summed E-state index contributed by atoms with van der Waals surface area (Å²) in [5.41, 5.74) is 6.78. The number of amides is 2. The lowest BCUT2D eigenvalue weighted by Gasteiger charge is -2.13. The summed E-state index contributed by atoms with van der Waals surface area (Å²) in [4.78, 5) is 22.9. The zero-order valence-corrected chi connectivity index (χ0v) is 14.2. The van der Waals surface area contributed by atoms with E-state index in [1.807, 2.05) is 6.26 Å². The predicted octanol–water partition coefficient (Wildman–Crippen LogP) is 2.74. The van der Waals surface area contributed by atoms with Crippen LogP contribution in [0.4, 0.5) is 11.4 Å². The molecule has 2 amide bonds. The highest BCUT2D eigenvalue weighted by Gasteiger charge is 2.14. The smallest absolute Gasteiger partial charge is 0.241 e. The minimum absolute atomic E-state index is 0. The molecular formula is C13H19Cl2N3O2S. The molecule has 1 aromatic rings. The van der Waals surface area contributed by atoms with Gasteiger partial charge in [-0.3, -0.25) is 9.59 Å². The molecule has 0 aliphatic carbocycles. The monoisotopic (exact) mass is 351 g/mol. The van der Waals surface area contributed by atoms with Crippen LogP contribution in [0.15, 0.2) is 18.2 Å². The summed E-state index contributed by atoms with van der Waals surface area (Å²) in [5.74, 6) is 0.330. The van der Waals surface area contributed by atoms with Gasteiger partial charge in [-0.05, 0) is 36.6 Å². The third-order valence-corrected chi connectivity index (χ3v) is 3.49. The summed E-state index contributed by atoms with van der Waals surface area (Å²) in [6.07, 6.45) is 2.55. The Morgan fingerprint density at radius 2 is 2.05 bits per heavy atom. The van der Waals surface area contributed by atoms with Crippen molar-refractivity contribution in [1.29, 1.82) is 0 Å². The van der Waals surface area contributed by atoms with Gasteiger partial charge in [-0.1, -0.05) is 11.6 Å². The van der Waals surface area contributed by atoms with Crippen molar-refractivity contribution in [2.24, 2.45) is 5.73 Å². The number of thioether (sulfide) groups is 1. The molecule has 0 saturated carbocycles. The van der Waals surface area contributed by atoms with E-state index in [0.717, 1.165) is 5.75 Å². The summed E-state index contributed by atoms with van der Waals surface area (Å²) in [6, 6.07) is 4.29. The van der Waals surface area contributed by atoms with Crippen LogP contribution in [0.2, 0.25) is 5.02 Å². The Hall–Kier alpha value is -0.950. The van der Waals surface area contributed by atoms with E-state index in [9.17, 15) is 9.59 Å². The molecule has 0 unspecified atom stereocenters. The lowest BCUT2D eigenvalue weighted by Crippen LogP contribution is -2.36. The van der Waals surface area contributed by atoms with Crippen molar-refractivity contribution in [2.75, 3.05) is 22.6 Å². The minimum Gasteiger partial charge on any atom is -0.326 e. The number of carbonyl (C=O) groups is 2. The van der Waals surface area contributed by atoms with Crippen LogP contribution < -0.4 is 16.4 Å². The average molecular weight is 352 g/mol. The number of carbonyl (C=O) groups excluding carboxylic acids is 2. The molecule has 0 bridgehead atoms. The highest BCUT2D eigenvalue weighted by atomic mass is 35.5. The zero-order valence-electron chi connectivity index (χ0n) is 11.8. The summed E-state index contributed by atoms with van der Waals surface area (Å²) in [5, 5.41) is 5.69. The summed E-state index contributed by atoms with van der Waals surface area (Å²) in [6.45, 7) is 1.41. The number of anilines is 2. The first-order valence-corrected chi connectivity index (χ1v) is 7.83. The van der Waals surface area contributed by atoms with E-state index in [1.54, 1.807) is 30.0 Å². The predicted molar refractivity (Wildman–Crippen MR) is 92.6 cm³/mol. The lowest BCUT2D eigenvalue weighted by molar-refractivity contribution is -0.117. The zero-order chi connectivity index (χ0) is 15.1. The number of hydrogen-bond acceptors (Lipinski definition) is 4. The largest absolute Gasteiger partial charge is 0.326 e. The van der Waals surface area contributed by atoms with E-state index in [2.05, 4.69) is 10.6 Å². The normalized spacial score (nSPS) is 11.2. The molecule has 0 aliphatic rings. The van der Waals surface area contributed by atoms with Crippen molar-refractivity contribution in [3.63, 3.8) is 0 Å². The molecule has 1 rings (SSSR count). The number of halogens is 2. The van der Waals surface area contributed by atoms with Gasteiger partial charge in [-0.15, -0.1) is 12.4 Å². The molecule has 5 nitrogen and oxygen atoms in total. The molecule has 0 fully saturated rings. The van der Waals surface area contributed by atoms with E-state index >= 15 is 0 Å². The van der Waals surface area contributed by atoms with Crippen molar-refractivity contribution in [3.8, 4) is 0 Å². The maximum Gasteiger partial charge on any atom is 0.241 e. The van der Waals surface area contributed by atoms with Gasteiger partial charge in [-0.2, -0.15) is 11.8 Å². The Bertz CT molecular complexity index is 500. The van der Waals surface area contributed by atoms with Crippen LogP contribution in [-0.4, -0.2) is 29.9 Å². The van der Waals surface area contributed by atoms with Crippen LogP contribution in [0.3, 0.4) is 0 Å². The first kappa shape index (κ1) is 20.1. The van der Waals surface area contributed by atoms with Crippen molar-refractivity contribution in [3.05, 3.63) is 23.2 Å². The maximum absolute atomic E-state index is 11.9. The van der Waals surface area contributed by atoms with Gasteiger partial charge in [0.2, 0.25) is 11.8 Å². The van der Waals surface area contributed by atoms with Gasteiger partial charge in [-0.25, -0.2) is 0 Å².